The van der Waals surface area contributed by atoms with Gasteiger partial charge in [0, 0.05) is 31.5 Å². The van der Waals surface area contributed by atoms with Crippen LogP contribution in [0.3, 0.4) is 0 Å². The molecule has 0 radical (unpaired) electrons. The van der Waals surface area contributed by atoms with E-state index >= 15 is 0 Å². The number of aromatic nitrogens is 4. The van der Waals surface area contributed by atoms with E-state index < -0.39 is 33.0 Å². The Hall–Kier alpha value is -1.84. The molecule has 2 heterocycles. The number of imidazole rings is 1. The van der Waals surface area contributed by atoms with Crippen molar-refractivity contribution in [3.05, 3.63) is 29.8 Å². The van der Waals surface area contributed by atoms with E-state index in [0.29, 0.717) is 11.2 Å². The molecule has 0 aromatic carbocycles. The van der Waals surface area contributed by atoms with Crippen LogP contribution in [0.2, 0.25) is 0 Å². The van der Waals surface area contributed by atoms with Gasteiger partial charge in [0.1, 0.15) is 5.69 Å². The van der Waals surface area contributed by atoms with Gasteiger partial charge in [0.25, 0.3) is 0 Å². The number of sulfone groups is 1. The summed E-state index contributed by atoms with van der Waals surface area (Å²) in [5.41, 5.74) is -1.46. The first-order valence-corrected chi connectivity index (χ1v) is 7.64. The lowest BCUT2D eigenvalue weighted by atomic mass is 10.3. The predicted octanol–water partition coefficient (Wildman–Crippen LogP) is 1.63. The van der Waals surface area contributed by atoms with Gasteiger partial charge < -0.3 is 4.57 Å². The molecule has 2 aromatic rings. The number of nitrogens with zero attached hydrogens (tertiary/aromatic N) is 4. The molecule has 0 fully saturated rings. The maximum atomic E-state index is 12.9. The van der Waals surface area contributed by atoms with Crippen LogP contribution in [0.4, 0.5) is 13.2 Å². The number of alkyl halides is 3. The fourth-order valence-electron chi connectivity index (χ4n) is 2.04. The van der Waals surface area contributed by atoms with Gasteiger partial charge >= 0.3 is 6.18 Å². The lowest BCUT2D eigenvalue weighted by molar-refractivity contribution is -0.144. The molecule has 0 aliphatic heterocycles. The molecule has 0 saturated heterocycles. The average molecular weight is 322 g/mol. The van der Waals surface area contributed by atoms with Crippen molar-refractivity contribution < 1.29 is 21.6 Å². The molecule has 0 amide bonds. The van der Waals surface area contributed by atoms with Crippen molar-refractivity contribution in [1.82, 2.24) is 19.3 Å². The average Bonchev–Trinajstić information content (AvgIpc) is 2.94. The molecule has 0 bridgehead atoms. The summed E-state index contributed by atoms with van der Waals surface area (Å²) in [5, 5.41) is 3.25. The standard InChI is InChI=1S/C11H13F3N4O2S/c1-3-18-5-4-15-10(18)21(19,20)7-8-6-16-17(2)9(8)11(12,13)14/h4-6H,3,7H2,1-2H3. The predicted molar refractivity (Wildman–Crippen MR) is 67.0 cm³/mol. The zero-order chi connectivity index (χ0) is 15.8. The molecule has 10 heteroatoms. The Morgan fingerprint density at radius 1 is 1.33 bits per heavy atom. The molecule has 0 unspecified atom stereocenters. The number of hydrogen-bond acceptors (Lipinski definition) is 4. The first-order chi connectivity index (χ1) is 9.66. The maximum absolute atomic E-state index is 12.9. The molecule has 2 rings (SSSR count). The topological polar surface area (TPSA) is 69.8 Å². The quantitative estimate of drug-likeness (QED) is 0.858. The fraction of sp³-hybridized carbons (Fsp3) is 0.455. The first kappa shape index (κ1) is 15.5. The van der Waals surface area contributed by atoms with Crippen LogP contribution in [0.1, 0.15) is 18.2 Å². The Kier molecular flexibility index (Phi) is 3.83. The van der Waals surface area contributed by atoms with Crippen molar-refractivity contribution in [2.45, 2.75) is 30.6 Å². The second kappa shape index (κ2) is 5.17. The van der Waals surface area contributed by atoms with Gasteiger partial charge in [-0.1, -0.05) is 0 Å². The molecule has 0 aliphatic carbocycles. The summed E-state index contributed by atoms with van der Waals surface area (Å²) in [6.07, 6.45) is -0.999. The monoisotopic (exact) mass is 322 g/mol. The maximum Gasteiger partial charge on any atom is 0.433 e. The van der Waals surface area contributed by atoms with Crippen molar-refractivity contribution in [3.63, 3.8) is 0 Å². The summed E-state index contributed by atoms with van der Waals surface area (Å²) in [6, 6.07) is 0. The van der Waals surface area contributed by atoms with Crippen LogP contribution < -0.4 is 0 Å². The Bertz CT molecular complexity index is 746. The zero-order valence-electron chi connectivity index (χ0n) is 11.3. The van der Waals surface area contributed by atoms with Crippen LogP contribution in [-0.4, -0.2) is 27.7 Å². The van der Waals surface area contributed by atoms with Crippen LogP contribution in [-0.2, 0) is 35.4 Å². The second-order valence-electron chi connectivity index (χ2n) is 4.39. The number of hydrogen-bond donors (Lipinski definition) is 0. The molecule has 0 aliphatic rings. The van der Waals surface area contributed by atoms with Gasteiger partial charge in [-0.3, -0.25) is 4.68 Å². The molecule has 116 valence electrons. The summed E-state index contributed by atoms with van der Waals surface area (Å²) < 4.78 is 65.3. The second-order valence-corrected chi connectivity index (χ2v) is 6.28. The van der Waals surface area contributed by atoms with Gasteiger partial charge in [-0.05, 0) is 6.92 Å². The van der Waals surface area contributed by atoms with Crippen LogP contribution in [0.25, 0.3) is 0 Å². The highest BCUT2D eigenvalue weighted by Crippen LogP contribution is 2.32. The normalized spacial score (nSPS) is 12.8. The van der Waals surface area contributed by atoms with Crippen molar-refractivity contribution in [2.75, 3.05) is 0 Å². The molecule has 2 aromatic heterocycles. The highest BCUT2D eigenvalue weighted by Gasteiger charge is 2.38. The number of aryl methyl sites for hydroxylation is 2. The lowest BCUT2D eigenvalue weighted by Gasteiger charge is -2.10. The zero-order valence-corrected chi connectivity index (χ0v) is 12.1. The fourth-order valence-corrected chi connectivity index (χ4v) is 3.56. The van der Waals surface area contributed by atoms with E-state index in [1.165, 1.54) is 17.0 Å². The Balaban J connectivity index is 2.43. The van der Waals surface area contributed by atoms with Crippen molar-refractivity contribution in [1.29, 1.82) is 0 Å². The van der Waals surface area contributed by atoms with Gasteiger partial charge in [0.05, 0.1) is 11.9 Å². The van der Waals surface area contributed by atoms with E-state index in [0.717, 1.165) is 13.2 Å². The third-order valence-corrected chi connectivity index (χ3v) is 4.51. The highest BCUT2D eigenvalue weighted by molar-refractivity contribution is 7.90. The number of halogens is 3. The molecule has 0 saturated carbocycles. The summed E-state index contributed by atoms with van der Waals surface area (Å²) in [7, 11) is -2.87. The van der Waals surface area contributed by atoms with E-state index in [4.69, 9.17) is 0 Å². The van der Waals surface area contributed by atoms with Gasteiger partial charge in [-0.15, -0.1) is 0 Å². The third-order valence-electron chi connectivity index (χ3n) is 2.92. The van der Waals surface area contributed by atoms with E-state index in [2.05, 4.69) is 10.1 Å². The molecule has 0 spiro atoms. The number of rotatable bonds is 4. The lowest BCUT2D eigenvalue weighted by Crippen LogP contribution is -2.17. The summed E-state index contributed by atoms with van der Waals surface area (Å²) in [4.78, 5) is 3.72. The molecule has 6 nitrogen and oxygen atoms in total. The first-order valence-electron chi connectivity index (χ1n) is 5.98. The van der Waals surface area contributed by atoms with Gasteiger partial charge in [-0.25, -0.2) is 13.4 Å². The van der Waals surface area contributed by atoms with E-state index in [1.807, 2.05) is 0 Å². The Labute approximate surface area is 119 Å². The molecular weight excluding hydrogens is 309 g/mol. The van der Waals surface area contributed by atoms with E-state index in [9.17, 15) is 21.6 Å². The largest absolute Gasteiger partial charge is 0.433 e. The van der Waals surface area contributed by atoms with Crippen LogP contribution in [0.15, 0.2) is 23.7 Å². The molecule has 0 N–H and O–H groups in total. The van der Waals surface area contributed by atoms with E-state index in [1.54, 1.807) is 6.92 Å². The van der Waals surface area contributed by atoms with Crippen LogP contribution in [0, 0.1) is 0 Å². The minimum Gasteiger partial charge on any atom is -0.322 e. The van der Waals surface area contributed by atoms with Crippen molar-refractivity contribution >= 4 is 9.84 Å². The SMILES string of the molecule is CCn1ccnc1S(=O)(=O)Cc1cnn(C)c1C(F)(F)F. The molecule has 21 heavy (non-hydrogen) atoms. The van der Waals surface area contributed by atoms with Crippen molar-refractivity contribution in [3.8, 4) is 0 Å². The van der Waals surface area contributed by atoms with E-state index in [-0.39, 0.29) is 5.16 Å². The molecular formula is C11H13F3N4O2S. The van der Waals surface area contributed by atoms with Crippen molar-refractivity contribution in [2.24, 2.45) is 7.05 Å². The van der Waals surface area contributed by atoms with Crippen LogP contribution >= 0.6 is 0 Å². The highest BCUT2D eigenvalue weighted by atomic mass is 32.2. The Morgan fingerprint density at radius 2 is 2.00 bits per heavy atom. The molecule has 0 atom stereocenters. The summed E-state index contributed by atoms with van der Waals surface area (Å²) in [6.45, 7) is 2.07. The van der Waals surface area contributed by atoms with Gasteiger partial charge in [-0.2, -0.15) is 18.3 Å². The van der Waals surface area contributed by atoms with Gasteiger partial charge in [0.15, 0.2) is 0 Å². The third kappa shape index (κ3) is 2.94. The summed E-state index contributed by atoms with van der Waals surface area (Å²) in [5.74, 6) is -0.799. The van der Waals surface area contributed by atoms with Crippen LogP contribution in [0.5, 0.6) is 0 Å². The van der Waals surface area contributed by atoms with Gasteiger partial charge in [0.2, 0.25) is 15.0 Å². The minimum absolute atomic E-state index is 0.248. The smallest absolute Gasteiger partial charge is 0.322 e. The minimum atomic E-state index is -4.67. The Morgan fingerprint density at radius 3 is 2.57 bits per heavy atom. The summed E-state index contributed by atoms with van der Waals surface area (Å²) >= 11 is 0.